The van der Waals surface area contributed by atoms with Crippen molar-refractivity contribution in [3.05, 3.63) is 89.2 Å². The summed E-state index contributed by atoms with van der Waals surface area (Å²) >= 11 is 0. The van der Waals surface area contributed by atoms with Crippen molar-refractivity contribution >= 4 is 33.0 Å². The lowest BCUT2D eigenvalue weighted by Crippen LogP contribution is -2.35. The second-order valence-electron chi connectivity index (χ2n) is 8.54. The quantitative estimate of drug-likeness (QED) is 0.492. The highest BCUT2D eigenvalue weighted by molar-refractivity contribution is 7.90. The molecule has 0 radical (unpaired) electrons. The standard InChI is InChI=1S/C25H23F3N2O4S/c1-25(2,24(32)30-22-11-6-16(26)13-21(22)28)19-10-7-17(14-20(19)27)29-23(31)12-15-4-8-18(9-5-15)35(3,33)34/h4-11,13-14H,12H2,1-3H3,(H,29,31)(H,30,32). The van der Waals surface area contributed by atoms with Crippen LogP contribution < -0.4 is 10.6 Å². The Balaban J connectivity index is 1.70. The average molecular weight is 505 g/mol. The Morgan fingerprint density at radius 2 is 1.51 bits per heavy atom. The van der Waals surface area contributed by atoms with Crippen LogP contribution in [0.5, 0.6) is 0 Å². The summed E-state index contributed by atoms with van der Waals surface area (Å²) in [6.45, 7) is 2.89. The fourth-order valence-corrected chi connectivity index (χ4v) is 3.97. The Bertz CT molecular complexity index is 1390. The van der Waals surface area contributed by atoms with Gasteiger partial charge in [0.15, 0.2) is 9.84 Å². The van der Waals surface area contributed by atoms with Crippen LogP contribution in [0, 0.1) is 17.5 Å². The van der Waals surface area contributed by atoms with Crippen LogP contribution >= 0.6 is 0 Å². The van der Waals surface area contributed by atoms with Gasteiger partial charge in [-0.15, -0.1) is 0 Å². The zero-order valence-corrected chi connectivity index (χ0v) is 20.0. The first kappa shape index (κ1) is 26.0. The molecule has 10 heteroatoms. The summed E-state index contributed by atoms with van der Waals surface area (Å²) in [6, 6.07) is 12.4. The van der Waals surface area contributed by atoms with Gasteiger partial charge >= 0.3 is 0 Å². The van der Waals surface area contributed by atoms with E-state index in [-0.39, 0.29) is 28.3 Å². The molecule has 0 saturated carbocycles. The molecular weight excluding hydrogens is 481 g/mol. The van der Waals surface area contributed by atoms with Crippen molar-refractivity contribution < 1.29 is 31.2 Å². The first-order valence-corrected chi connectivity index (χ1v) is 12.3. The normalized spacial score (nSPS) is 11.7. The van der Waals surface area contributed by atoms with E-state index in [9.17, 15) is 31.2 Å². The lowest BCUT2D eigenvalue weighted by Gasteiger charge is -2.25. The summed E-state index contributed by atoms with van der Waals surface area (Å²) in [4.78, 5) is 25.2. The maximum Gasteiger partial charge on any atom is 0.234 e. The minimum Gasteiger partial charge on any atom is -0.326 e. The molecule has 0 fully saturated rings. The van der Waals surface area contributed by atoms with Gasteiger partial charge < -0.3 is 10.6 Å². The van der Waals surface area contributed by atoms with Gasteiger partial charge in [0.1, 0.15) is 17.5 Å². The number of carbonyl (C=O) groups excluding carboxylic acids is 2. The molecule has 3 aromatic rings. The van der Waals surface area contributed by atoms with Crippen molar-refractivity contribution in [2.45, 2.75) is 30.6 Å². The van der Waals surface area contributed by atoms with E-state index in [2.05, 4.69) is 10.6 Å². The summed E-state index contributed by atoms with van der Waals surface area (Å²) in [7, 11) is -3.35. The lowest BCUT2D eigenvalue weighted by molar-refractivity contribution is -0.120. The van der Waals surface area contributed by atoms with Crippen LogP contribution in [0.4, 0.5) is 24.5 Å². The molecule has 2 N–H and O–H groups in total. The molecule has 0 saturated heterocycles. The van der Waals surface area contributed by atoms with Gasteiger partial charge in [-0.25, -0.2) is 21.6 Å². The van der Waals surface area contributed by atoms with Crippen molar-refractivity contribution in [1.29, 1.82) is 0 Å². The molecule has 184 valence electrons. The number of halogens is 3. The lowest BCUT2D eigenvalue weighted by atomic mass is 9.83. The molecule has 0 aliphatic carbocycles. The van der Waals surface area contributed by atoms with Crippen LogP contribution in [0.25, 0.3) is 0 Å². The average Bonchev–Trinajstić information content (AvgIpc) is 2.75. The summed E-state index contributed by atoms with van der Waals surface area (Å²) in [5, 5.41) is 4.89. The Labute approximate surface area is 201 Å². The van der Waals surface area contributed by atoms with Crippen LogP contribution in [0.3, 0.4) is 0 Å². The van der Waals surface area contributed by atoms with Crippen LogP contribution in [0.15, 0.2) is 65.6 Å². The minimum atomic E-state index is -3.35. The number of carbonyl (C=O) groups is 2. The highest BCUT2D eigenvalue weighted by Gasteiger charge is 2.33. The molecule has 0 aliphatic rings. The zero-order chi connectivity index (χ0) is 26.0. The highest BCUT2D eigenvalue weighted by Crippen LogP contribution is 2.30. The van der Waals surface area contributed by atoms with E-state index in [0.717, 1.165) is 24.5 Å². The van der Waals surface area contributed by atoms with Gasteiger partial charge in [0.2, 0.25) is 11.8 Å². The molecule has 0 aliphatic heterocycles. The predicted octanol–water partition coefficient (Wildman–Crippen LogP) is 4.60. The summed E-state index contributed by atoms with van der Waals surface area (Å²) < 4.78 is 64.9. The maximum atomic E-state index is 14.9. The smallest absolute Gasteiger partial charge is 0.234 e. The van der Waals surface area contributed by atoms with Gasteiger partial charge in [0.25, 0.3) is 0 Å². The fraction of sp³-hybridized carbons (Fsp3) is 0.200. The van der Waals surface area contributed by atoms with E-state index >= 15 is 0 Å². The third-order valence-corrected chi connectivity index (χ3v) is 6.52. The van der Waals surface area contributed by atoms with Gasteiger partial charge in [0, 0.05) is 23.6 Å². The molecule has 0 spiro atoms. The highest BCUT2D eigenvalue weighted by atomic mass is 32.2. The van der Waals surface area contributed by atoms with E-state index in [4.69, 9.17) is 0 Å². The van der Waals surface area contributed by atoms with Crippen LogP contribution in [0.2, 0.25) is 0 Å². The SMILES string of the molecule is CC(C)(C(=O)Nc1ccc(F)cc1F)c1ccc(NC(=O)Cc2ccc(S(C)(=O)=O)cc2)cc1F. The molecular formula is C25H23F3N2O4S. The topological polar surface area (TPSA) is 92.3 Å². The number of hydrogen-bond acceptors (Lipinski definition) is 4. The molecule has 0 atom stereocenters. The molecule has 6 nitrogen and oxygen atoms in total. The van der Waals surface area contributed by atoms with Crippen molar-refractivity contribution in [3.8, 4) is 0 Å². The third-order valence-electron chi connectivity index (χ3n) is 5.39. The summed E-state index contributed by atoms with van der Waals surface area (Å²) in [5.74, 6) is -3.68. The van der Waals surface area contributed by atoms with Crippen molar-refractivity contribution in [2.75, 3.05) is 16.9 Å². The Kier molecular flexibility index (Phi) is 7.35. The van der Waals surface area contributed by atoms with Gasteiger partial charge in [-0.1, -0.05) is 18.2 Å². The first-order valence-electron chi connectivity index (χ1n) is 10.4. The third kappa shape index (κ3) is 6.27. The summed E-state index contributed by atoms with van der Waals surface area (Å²) in [5.41, 5.74) is -0.928. The largest absolute Gasteiger partial charge is 0.326 e. The molecule has 0 heterocycles. The number of hydrogen-bond donors (Lipinski definition) is 2. The minimum absolute atomic E-state index is 0.00637. The summed E-state index contributed by atoms with van der Waals surface area (Å²) in [6.07, 6.45) is 1.02. The first-order chi connectivity index (χ1) is 16.3. The van der Waals surface area contributed by atoms with E-state index in [1.165, 1.54) is 50.2 Å². The maximum absolute atomic E-state index is 14.9. The number of benzene rings is 3. The second kappa shape index (κ2) is 9.91. The number of anilines is 2. The van der Waals surface area contributed by atoms with Crippen molar-refractivity contribution in [3.63, 3.8) is 0 Å². The van der Waals surface area contributed by atoms with E-state index in [1.54, 1.807) is 0 Å². The van der Waals surface area contributed by atoms with Gasteiger partial charge in [0.05, 0.1) is 22.4 Å². The molecule has 3 aromatic carbocycles. The molecule has 0 aromatic heterocycles. The fourth-order valence-electron chi connectivity index (χ4n) is 3.34. The van der Waals surface area contributed by atoms with Gasteiger partial charge in [-0.3, -0.25) is 9.59 Å². The van der Waals surface area contributed by atoms with E-state index in [0.29, 0.717) is 11.6 Å². The molecule has 35 heavy (non-hydrogen) atoms. The Morgan fingerprint density at radius 1 is 0.857 bits per heavy atom. The number of rotatable bonds is 7. The molecule has 0 unspecified atom stereocenters. The second-order valence-corrected chi connectivity index (χ2v) is 10.6. The zero-order valence-electron chi connectivity index (χ0n) is 19.2. The number of amides is 2. The molecule has 0 bridgehead atoms. The molecule has 3 rings (SSSR count). The van der Waals surface area contributed by atoms with Crippen LogP contribution in [-0.2, 0) is 31.3 Å². The monoisotopic (exact) mass is 504 g/mol. The van der Waals surface area contributed by atoms with Gasteiger partial charge in [-0.2, -0.15) is 0 Å². The van der Waals surface area contributed by atoms with E-state index in [1.807, 2.05) is 0 Å². The van der Waals surface area contributed by atoms with Crippen molar-refractivity contribution in [1.82, 2.24) is 0 Å². The van der Waals surface area contributed by atoms with Crippen molar-refractivity contribution in [2.24, 2.45) is 0 Å². The number of sulfone groups is 1. The Morgan fingerprint density at radius 3 is 2.09 bits per heavy atom. The predicted molar refractivity (Wildman–Crippen MR) is 126 cm³/mol. The van der Waals surface area contributed by atoms with Crippen LogP contribution in [0.1, 0.15) is 25.0 Å². The number of nitrogens with one attached hydrogen (secondary N) is 2. The van der Waals surface area contributed by atoms with E-state index < -0.39 is 44.5 Å². The van der Waals surface area contributed by atoms with Gasteiger partial charge in [-0.05, 0) is 55.8 Å². The van der Waals surface area contributed by atoms with Crippen LogP contribution in [-0.4, -0.2) is 26.5 Å². The Hall–Kier alpha value is -3.66. The molecule has 2 amide bonds.